The molecule has 0 aliphatic rings. The zero-order valence-corrected chi connectivity index (χ0v) is 12.3. The van der Waals surface area contributed by atoms with Crippen LogP contribution in [0.15, 0.2) is 33.6 Å². The number of sulfonamides is 2. The highest BCUT2D eigenvalue weighted by atomic mass is 79.9. The second kappa shape index (κ2) is 5.02. The van der Waals surface area contributed by atoms with Crippen molar-refractivity contribution in [2.24, 2.45) is 0 Å². The highest BCUT2D eigenvalue weighted by Crippen LogP contribution is 2.14. The van der Waals surface area contributed by atoms with Crippen LogP contribution >= 0.6 is 15.9 Å². The first-order valence-corrected chi connectivity index (χ1v) is 8.47. The van der Waals surface area contributed by atoms with Gasteiger partial charge in [-0.15, -0.1) is 9.25 Å². The number of nitrogens with one attached hydrogen (secondary N) is 1. The smallest absolute Gasteiger partial charge is 0.211 e. The van der Waals surface area contributed by atoms with Gasteiger partial charge in [-0.05, 0) is 24.3 Å². The molecular weight excluding hydrogens is 332 g/mol. The molecule has 17 heavy (non-hydrogen) atoms. The van der Waals surface area contributed by atoms with Gasteiger partial charge in [-0.1, -0.05) is 15.9 Å². The molecule has 1 N–H and O–H groups in total. The summed E-state index contributed by atoms with van der Waals surface area (Å²) in [5.74, 6) is 0. The van der Waals surface area contributed by atoms with E-state index >= 15 is 0 Å². The first-order chi connectivity index (χ1) is 7.63. The van der Waals surface area contributed by atoms with Gasteiger partial charge in [-0.25, -0.2) is 16.8 Å². The van der Waals surface area contributed by atoms with Gasteiger partial charge in [0.25, 0.3) is 10.0 Å². The van der Waals surface area contributed by atoms with Crippen molar-refractivity contribution in [3.05, 3.63) is 28.7 Å². The van der Waals surface area contributed by atoms with Crippen molar-refractivity contribution in [1.29, 1.82) is 0 Å². The van der Waals surface area contributed by atoms with E-state index in [-0.39, 0.29) is 4.90 Å². The van der Waals surface area contributed by atoms with E-state index in [1.807, 2.05) is 4.83 Å². The number of hydrogen-bond acceptors (Lipinski definition) is 4. The summed E-state index contributed by atoms with van der Waals surface area (Å²) in [6.45, 7) is 0. The van der Waals surface area contributed by atoms with E-state index in [0.29, 0.717) is 4.41 Å². The Labute approximate surface area is 109 Å². The van der Waals surface area contributed by atoms with Gasteiger partial charge < -0.3 is 0 Å². The molecule has 0 aliphatic carbocycles. The summed E-state index contributed by atoms with van der Waals surface area (Å²) in [7, 11) is -6.39. The molecule has 0 spiro atoms. The predicted octanol–water partition coefficient (Wildman–Crippen LogP) is 0.534. The Balaban J connectivity index is 3.02. The van der Waals surface area contributed by atoms with E-state index in [0.717, 1.165) is 17.8 Å². The molecule has 0 atom stereocenters. The van der Waals surface area contributed by atoms with Crippen LogP contribution < -0.4 is 4.83 Å². The van der Waals surface area contributed by atoms with Crippen LogP contribution in [0.2, 0.25) is 0 Å². The maximum absolute atomic E-state index is 11.8. The van der Waals surface area contributed by atoms with E-state index in [9.17, 15) is 16.8 Å². The summed E-state index contributed by atoms with van der Waals surface area (Å²) in [5.41, 5.74) is 0. The summed E-state index contributed by atoms with van der Waals surface area (Å²) in [4.78, 5) is 1.92. The Hall–Kier alpha value is -0.480. The molecule has 0 amide bonds. The zero-order chi connectivity index (χ0) is 13.3. The van der Waals surface area contributed by atoms with Gasteiger partial charge in [0, 0.05) is 11.5 Å². The Kier molecular flexibility index (Phi) is 4.31. The molecule has 1 rings (SSSR count). The molecule has 6 nitrogen and oxygen atoms in total. The molecule has 96 valence electrons. The molecule has 0 bridgehead atoms. The normalized spacial score (nSPS) is 12.9. The maximum atomic E-state index is 11.8. The Bertz CT molecular complexity index is 595. The number of benzene rings is 1. The highest BCUT2D eigenvalue weighted by Gasteiger charge is 2.20. The molecule has 1 aromatic carbocycles. The minimum absolute atomic E-state index is 0.0174. The van der Waals surface area contributed by atoms with E-state index in [1.54, 1.807) is 12.1 Å². The van der Waals surface area contributed by atoms with Gasteiger partial charge in [-0.3, -0.25) is 0 Å². The lowest BCUT2D eigenvalue weighted by molar-refractivity contribution is 0.436. The number of halogens is 1. The summed E-state index contributed by atoms with van der Waals surface area (Å²) >= 11 is 3.17. The number of nitrogens with zero attached hydrogens (tertiary/aromatic N) is 1. The SMILES string of the molecule is CN(NS(=O)(=O)c1ccc(Br)cc1)S(C)(=O)=O. The molecule has 0 aliphatic heterocycles. The monoisotopic (exact) mass is 342 g/mol. The lowest BCUT2D eigenvalue weighted by Crippen LogP contribution is -2.42. The summed E-state index contributed by atoms with van der Waals surface area (Å²) in [6.07, 6.45) is 0.900. The fourth-order valence-corrected chi connectivity index (χ4v) is 2.94. The minimum atomic E-state index is -3.88. The number of hydrogen-bond donors (Lipinski definition) is 1. The van der Waals surface area contributed by atoms with E-state index in [1.165, 1.54) is 12.1 Å². The van der Waals surface area contributed by atoms with E-state index in [2.05, 4.69) is 15.9 Å². The van der Waals surface area contributed by atoms with Gasteiger partial charge >= 0.3 is 0 Å². The zero-order valence-electron chi connectivity index (χ0n) is 9.08. The van der Waals surface area contributed by atoms with Crippen LogP contribution in [0.3, 0.4) is 0 Å². The Morgan fingerprint density at radius 3 is 2.00 bits per heavy atom. The van der Waals surface area contributed by atoms with Crippen LogP contribution in [0.5, 0.6) is 0 Å². The third-order valence-corrected chi connectivity index (χ3v) is 5.01. The number of rotatable bonds is 4. The summed E-state index contributed by atoms with van der Waals surface area (Å²) in [6, 6.07) is 5.83. The quantitative estimate of drug-likeness (QED) is 0.809. The summed E-state index contributed by atoms with van der Waals surface area (Å²) < 4.78 is 47.0. The van der Waals surface area contributed by atoms with Gasteiger partial charge in [-0.2, -0.15) is 0 Å². The fraction of sp³-hybridized carbons (Fsp3) is 0.250. The molecule has 0 heterocycles. The molecular formula is C8H11BrN2O4S2. The third kappa shape index (κ3) is 4.03. The maximum Gasteiger partial charge on any atom is 0.254 e. The van der Waals surface area contributed by atoms with Crippen LogP contribution in [-0.2, 0) is 20.0 Å². The van der Waals surface area contributed by atoms with Crippen LogP contribution in [0, 0.1) is 0 Å². The van der Waals surface area contributed by atoms with Gasteiger partial charge in [0.15, 0.2) is 0 Å². The highest BCUT2D eigenvalue weighted by molar-refractivity contribution is 9.10. The number of hydrazine groups is 1. The third-order valence-electron chi connectivity index (χ3n) is 1.87. The van der Waals surface area contributed by atoms with Crippen molar-refractivity contribution in [2.45, 2.75) is 4.90 Å². The van der Waals surface area contributed by atoms with E-state index < -0.39 is 20.0 Å². The van der Waals surface area contributed by atoms with Crippen LogP contribution in [0.25, 0.3) is 0 Å². The molecule has 0 saturated carbocycles. The largest absolute Gasteiger partial charge is 0.254 e. The topological polar surface area (TPSA) is 83.6 Å². The van der Waals surface area contributed by atoms with Crippen molar-refractivity contribution >= 4 is 36.0 Å². The first-order valence-electron chi connectivity index (χ1n) is 4.35. The Morgan fingerprint density at radius 1 is 1.12 bits per heavy atom. The Morgan fingerprint density at radius 2 is 1.59 bits per heavy atom. The predicted molar refractivity (Wildman–Crippen MR) is 67.1 cm³/mol. The second-order valence-electron chi connectivity index (χ2n) is 3.28. The molecule has 0 fully saturated rings. The van der Waals surface area contributed by atoms with Crippen molar-refractivity contribution in [1.82, 2.24) is 9.25 Å². The molecule has 0 saturated heterocycles. The van der Waals surface area contributed by atoms with Crippen molar-refractivity contribution in [3.8, 4) is 0 Å². The standard InChI is InChI=1S/C8H11BrN2O4S2/c1-11(16(2,12)13)10-17(14,15)8-5-3-7(9)4-6-8/h3-6,10H,1-2H3. The second-order valence-corrected chi connectivity index (χ2v) is 7.87. The van der Waals surface area contributed by atoms with Gasteiger partial charge in [0.05, 0.1) is 11.2 Å². The molecule has 9 heteroatoms. The molecule has 0 unspecified atom stereocenters. The average Bonchev–Trinajstić information content (AvgIpc) is 2.16. The lowest BCUT2D eigenvalue weighted by Gasteiger charge is -2.15. The lowest BCUT2D eigenvalue weighted by atomic mass is 10.4. The van der Waals surface area contributed by atoms with Gasteiger partial charge in [0.2, 0.25) is 10.0 Å². The average molecular weight is 343 g/mol. The first kappa shape index (κ1) is 14.6. The van der Waals surface area contributed by atoms with Crippen molar-refractivity contribution < 1.29 is 16.8 Å². The van der Waals surface area contributed by atoms with Crippen molar-refractivity contribution in [3.63, 3.8) is 0 Å². The van der Waals surface area contributed by atoms with Crippen LogP contribution in [0.4, 0.5) is 0 Å². The molecule has 0 aromatic heterocycles. The molecule has 0 radical (unpaired) electrons. The summed E-state index contributed by atoms with van der Waals surface area (Å²) in [5, 5.41) is 0. The fourth-order valence-electron chi connectivity index (χ4n) is 0.903. The van der Waals surface area contributed by atoms with Crippen molar-refractivity contribution in [2.75, 3.05) is 13.3 Å². The molecule has 1 aromatic rings. The minimum Gasteiger partial charge on any atom is -0.211 e. The van der Waals surface area contributed by atoms with Gasteiger partial charge in [0.1, 0.15) is 0 Å². The van der Waals surface area contributed by atoms with Crippen LogP contribution in [-0.4, -0.2) is 34.6 Å². The van der Waals surface area contributed by atoms with Crippen LogP contribution in [0.1, 0.15) is 0 Å². The van der Waals surface area contributed by atoms with E-state index in [4.69, 9.17) is 0 Å².